The summed E-state index contributed by atoms with van der Waals surface area (Å²) in [6.07, 6.45) is 9.83. The molecule has 0 bridgehead atoms. The summed E-state index contributed by atoms with van der Waals surface area (Å²) < 4.78 is 0. The van der Waals surface area contributed by atoms with Gasteiger partial charge in [0, 0.05) is 35.9 Å². The van der Waals surface area contributed by atoms with Crippen LogP contribution in [0.25, 0.3) is 0 Å². The van der Waals surface area contributed by atoms with Gasteiger partial charge in [-0.25, -0.2) is 29.9 Å². The quantitative estimate of drug-likeness (QED) is 0.632. The molecule has 112 valence electrons. The number of thiocarbonyl (C=S) groups is 2. The van der Waals surface area contributed by atoms with Crippen molar-refractivity contribution in [2.45, 2.75) is 25.9 Å². The zero-order chi connectivity index (χ0) is 16.2. The zero-order valence-corrected chi connectivity index (χ0v) is 13.8. The van der Waals surface area contributed by atoms with Crippen LogP contribution in [0.3, 0.4) is 0 Å². The van der Waals surface area contributed by atoms with E-state index < -0.39 is 0 Å². The number of rotatable bonds is 4. The fraction of sp³-hybridized carbons (Fsp3) is 0.286. The van der Waals surface area contributed by atoms with Gasteiger partial charge in [0.15, 0.2) is 0 Å². The van der Waals surface area contributed by atoms with Gasteiger partial charge in [-0.1, -0.05) is 0 Å². The van der Waals surface area contributed by atoms with Gasteiger partial charge in [-0.05, 0) is 38.3 Å². The van der Waals surface area contributed by atoms with E-state index in [0.717, 1.165) is 11.1 Å². The minimum Gasteiger partial charge on any atom is -0.244 e. The summed E-state index contributed by atoms with van der Waals surface area (Å²) in [7, 11) is 0. The highest BCUT2D eigenvalue weighted by molar-refractivity contribution is 7.78. The Labute approximate surface area is 139 Å². The lowest BCUT2D eigenvalue weighted by atomic mass is 10.2. The molecule has 0 saturated heterocycles. The lowest BCUT2D eigenvalue weighted by Crippen LogP contribution is -1.90. The lowest BCUT2D eigenvalue weighted by molar-refractivity contribution is 0.811. The van der Waals surface area contributed by atoms with Crippen molar-refractivity contribution in [3.05, 3.63) is 48.6 Å². The Kier molecular flexibility index (Phi) is 8.49. The summed E-state index contributed by atoms with van der Waals surface area (Å²) in [4.78, 5) is 23.2. The molecule has 0 aliphatic carbocycles. The summed E-state index contributed by atoms with van der Waals surface area (Å²) in [5.74, 6) is 0. The summed E-state index contributed by atoms with van der Waals surface area (Å²) >= 11 is 8.94. The van der Waals surface area contributed by atoms with E-state index in [1.54, 1.807) is 24.8 Å². The molecular formula is C14H14N6S2. The molecule has 0 fully saturated rings. The molecule has 2 atom stereocenters. The van der Waals surface area contributed by atoms with Gasteiger partial charge in [-0.3, -0.25) is 0 Å². The SMILES string of the molecule is C[C@@H](N=C=S)c1cncnc1.C[C@H](N=C=S)c1cncnc1. The van der Waals surface area contributed by atoms with Crippen LogP contribution in [0.1, 0.15) is 37.1 Å². The maximum atomic E-state index is 4.47. The third-order valence-electron chi connectivity index (χ3n) is 2.62. The van der Waals surface area contributed by atoms with Crippen molar-refractivity contribution in [3.63, 3.8) is 0 Å². The van der Waals surface area contributed by atoms with Crippen molar-refractivity contribution in [1.82, 2.24) is 19.9 Å². The standard InChI is InChI=1S/2C7H7N3S/c2*1-6(10-5-11)7-2-8-4-9-3-7/h2*2-4,6H,1H3/t2*6-/m10/s1. The molecule has 0 amide bonds. The highest BCUT2D eigenvalue weighted by atomic mass is 32.1. The third kappa shape index (κ3) is 6.47. The molecule has 22 heavy (non-hydrogen) atoms. The predicted octanol–water partition coefficient (Wildman–Crippen LogP) is 3.28. The van der Waals surface area contributed by atoms with Crippen LogP contribution in [0.15, 0.2) is 47.4 Å². The van der Waals surface area contributed by atoms with E-state index in [1.165, 1.54) is 12.7 Å². The van der Waals surface area contributed by atoms with Crippen LogP contribution >= 0.6 is 24.4 Å². The van der Waals surface area contributed by atoms with Crippen molar-refractivity contribution in [2.24, 2.45) is 9.98 Å². The number of nitrogens with zero attached hydrogens (tertiary/aromatic N) is 6. The Morgan fingerprint density at radius 3 is 1.36 bits per heavy atom. The molecule has 2 aromatic rings. The molecule has 2 aromatic heterocycles. The number of hydrogen-bond donors (Lipinski definition) is 0. The Hall–Kier alpha value is -2.24. The van der Waals surface area contributed by atoms with E-state index >= 15 is 0 Å². The highest BCUT2D eigenvalue weighted by Crippen LogP contribution is 2.12. The van der Waals surface area contributed by atoms with Gasteiger partial charge < -0.3 is 0 Å². The summed E-state index contributed by atoms with van der Waals surface area (Å²) in [5, 5.41) is 4.64. The van der Waals surface area contributed by atoms with Crippen LogP contribution in [0.4, 0.5) is 0 Å². The molecule has 2 heterocycles. The Morgan fingerprint density at radius 1 is 0.773 bits per heavy atom. The van der Waals surface area contributed by atoms with Crippen molar-refractivity contribution in [1.29, 1.82) is 0 Å². The number of aliphatic imine (C=N–C) groups is 2. The van der Waals surface area contributed by atoms with Crippen LogP contribution in [0, 0.1) is 0 Å². The second kappa shape index (κ2) is 10.5. The summed E-state index contributed by atoms with van der Waals surface area (Å²) in [6.45, 7) is 3.83. The average Bonchev–Trinajstić information content (AvgIpc) is 2.57. The van der Waals surface area contributed by atoms with Crippen LogP contribution in [-0.4, -0.2) is 30.3 Å². The van der Waals surface area contributed by atoms with Gasteiger partial charge in [0.05, 0.1) is 22.4 Å². The molecule has 0 aromatic carbocycles. The van der Waals surface area contributed by atoms with Gasteiger partial charge in [-0.15, -0.1) is 0 Å². The molecule has 8 heteroatoms. The second-order valence-electron chi connectivity index (χ2n) is 4.14. The van der Waals surface area contributed by atoms with Gasteiger partial charge in [0.25, 0.3) is 0 Å². The fourth-order valence-corrected chi connectivity index (χ4v) is 1.68. The maximum Gasteiger partial charge on any atom is 0.115 e. The third-order valence-corrected chi connectivity index (χ3v) is 2.83. The van der Waals surface area contributed by atoms with Crippen molar-refractivity contribution >= 4 is 34.8 Å². The lowest BCUT2D eigenvalue weighted by Gasteiger charge is -2.00. The molecule has 0 saturated carbocycles. The predicted molar refractivity (Wildman–Crippen MR) is 90.9 cm³/mol. The molecule has 6 nitrogen and oxygen atoms in total. The first-order valence-corrected chi connectivity index (χ1v) is 7.14. The first kappa shape index (κ1) is 17.8. The van der Waals surface area contributed by atoms with Crippen LogP contribution < -0.4 is 0 Å². The first-order valence-electron chi connectivity index (χ1n) is 6.32. The van der Waals surface area contributed by atoms with E-state index in [4.69, 9.17) is 0 Å². The Morgan fingerprint density at radius 2 is 1.09 bits per heavy atom. The smallest absolute Gasteiger partial charge is 0.115 e. The molecule has 0 unspecified atom stereocenters. The van der Waals surface area contributed by atoms with Gasteiger partial charge in [-0.2, -0.15) is 0 Å². The minimum atomic E-state index is 0.00806. The van der Waals surface area contributed by atoms with E-state index in [9.17, 15) is 0 Å². The Balaban J connectivity index is 0.000000220. The van der Waals surface area contributed by atoms with Gasteiger partial charge in [0.1, 0.15) is 12.7 Å². The number of aromatic nitrogens is 4. The first-order chi connectivity index (χ1) is 10.7. The van der Waals surface area contributed by atoms with Crippen molar-refractivity contribution in [3.8, 4) is 0 Å². The molecule has 0 N–H and O–H groups in total. The molecule has 2 rings (SSSR count). The van der Waals surface area contributed by atoms with Gasteiger partial charge in [0.2, 0.25) is 0 Å². The van der Waals surface area contributed by atoms with E-state index in [1.807, 2.05) is 13.8 Å². The highest BCUT2D eigenvalue weighted by Gasteiger charge is 2.01. The average molecular weight is 330 g/mol. The molecule has 0 spiro atoms. The van der Waals surface area contributed by atoms with Crippen molar-refractivity contribution in [2.75, 3.05) is 0 Å². The van der Waals surface area contributed by atoms with E-state index in [2.05, 4.69) is 64.7 Å². The maximum absolute atomic E-state index is 4.47. The molecular weight excluding hydrogens is 316 g/mol. The molecule has 0 aliphatic heterocycles. The van der Waals surface area contributed by atoms with E-state index in [0.29, 0.717) is 0 Å². The molecule has 0 aliphatic rings. The number of hydrogen-bond acceptors (Lipinski definition) is 8. The summed E-state index contributed by atoms with van der Waals surface area (Å²) in [5.41, 5.74) is 1.90. The topological polar surface area (TPSA) is 76.3 Å². The fourth-order valence-electron chi connectivity index (χ4n) is 1.36. The van der Waals surface area contributed by atoms with Crippen LogP contribution in [0.2, 0.25) is 0 Å². The van der Waals surface area contributed by atoms with Crippen molar-refractivity contribution < 1.29 is 0 Å². The summed E-state index contributed by atoms with van der Waals surface area (Å²) in [6, 6.07) is 0.0161. The minimum absolute atomic E-state index is 0.00806. The Bertz CT molecular complexity index is 592. The largest absolute Gasteiger partial charge is 0.244 e. The monoisotopic (exact) mass is 330 g/mol. The normalized spacial score (nSPS) is 11.7. The van der Waals surface area contributed by atoms with E-state index in [-0.39, 0.29) is 12.1 Å². The molecule has 0 radical (unpaired) electrons. The van der Waals surface area contributed by atoms with Crippen LogP contribution in [-0.2, 0) is 0 Å². The van der Waals surface area contributed by atoms with Gasteiger partial charge >= 0.3 is 0 Å². The zero-order valence-electron chi connectivity index (χ0n) is 12.1. The second-order valence-corrected chi connectivity index (χ2v) is 4.50. The van der Waals surface area contributed by atoms with Crippen LogP contribution in [0.5, 0.6) is 0 Å². The number of isothiocyanates is 2.